The summed E-state index contributed by atoms with van der Waals surface area (Å²) in [7, 11) is 1.68. The normalized spacial score (nSPS) is 17.6. The number of fused-ring (bicyclic) bond motifs is 1. The summed E-state index contributed by atoms with van der Waals surface area (Å²) in [5, 5.41) is 8.61. The largest absolute Gasteiger partial charge is 0.497 e. The molecule has 1 aromatic carbocycles. The first-order valence-electron chi connectivity index (χ1n) is 12.1. The Bertz CT molecular complexity index is 1130. The predicted octanol–water partition coefficient (Wildman–Crippen LogP) is 4.47. The number of benzene rings is 1. The molecule has 0 radical (unpaired) electrons. The van der Waals surface area contributed by atoms with E-state index in [2.05, 4.69) is 41.3 Å². The molecule has 2 fully saturated rings. The summed E-state index contributed by atoms with van der Waals surface area (Å²) in [6, 6.07) is 10.5. The highest BCUT2D eigenvalue weighted by Crippen LogP contribution is 2.40. The third-order valence-corrected chi connectivity index (χ3v) is 6.85. The molecule has 174 valence electrons. The van der Waals surface area contributed by atoms with Gasteiger partial charge in [0, 0.05) is 24.2 Å². The van der Waals surface area contributed by atoms with Gasteiger partial charge in [0.1, 0.15) is 5.75 Å². The van der Waals surface area contributed by atoms with Crippen molar-refractivity contribution < 1.29 is 9.53 Å². The van der Waals surface area contributed by atoms with Gasteiger partial charge < -0.3 is 10.1 Å². The van der Waals surface area contributed by atoms with Crippen LogP contribution in [0.2, 0.25) is 0 Å². The van der Waals surface area contributed by atoms with Crippen LogP contribution in [-0.2, 0) is 0 Å². The lowest BCUT2D eigenvalue weighted by molar-refractivity contribution is 0.0939. The summed E-state index contributed by atoms with van der Waals surface area (Å²) in [4.78, 5) is 20.8. The Morgan fingerprint density at radius 3 is 2.55 bits per heavy atom. The number of hydrogen-bond donors (Lipinski definition) is 1. The third-order valence-electron chi connectivity index (χ3n) is 6.85. The number of aromatic nitrogens is 3. The van der Waals surface area contributed by atoms with E-state index in [1.807, 2.05) is 22.9 Å². The van der Waals surface area contributed by atoms with Crippen molar-refractivity contribution in [1.82, 2.24) is 25.0 Å². The average molecular weight is 448 g/mol. The average Bonchev–Trinajstić information content (AvgIpc) is 3.36. The van der Waals surface area contributed by atoms with Gasteiger partial charge in [-0.25, -0.2) is 9.67 Å². The highest BCUT2D eigenvalue weighted by molar-refractivity contribution is 6.05. The number of carbonyl (C=O) groups excluding carboxylic acids is 1. The number of nitrogens with zero attached hydrogens (tertiary/aromatic N) is 4. The Morgan fingerprint density at radius 2 is 1.91 bits per heavy atom. The minimum Gasteiger partial charge on any atom is -0.497 e. The number of amides is 1. The van der Waals surface area contributed by atoms with Crippen LogP contribution in [0.15, 0.2) is 36.5 Å². The van der Waals surface area contributed by atoms with Gasteiger partial charge in [0.25, 0.3) is 5.91 Å². The van der Waals surface area contributed by atoms with Gasteiger partial charge in [-0.1, -0.05) is 12.1 Å². The second-order valence-corrected chi connectivity index (χ2v) is 9.53. The van der Waals surface area contributed by atoms with Crippen LogP contribution in [0, 0.1) is 0 Å². The molecule has 1 atom stereocenters. The molecule has 3 aromatic rings. The number of methoxy groups -OCH3 is 1. The van der Waals surface area contributed by atoms with E-state index in [4.69, 9.17) is 9.72 Å². The van der Waals surface area contributed by atoms with E-state index in [9.17, 15) is 4.79 Å². The molecule has 1 N–H and O–H groups in total. The van der Waals surface area contributed by atoms with Crippen molar-refractivity contribution in [3.63, 3.8) is 0 Å². The van der Waals surface area contributed by atoms with Gasteiger partial charge >= 0.3 is 0 Å². The summed E-state index contributed by atoms with van der Waals surface area (Å²) in [5.74, 6) is 1.26. The van der Waals surface area contributed by atoms with Crippen molar-refractivity contribution in [3.05, 3.63) is 53.3 Å². The molecule has 2 aromatic heterocycles. The van der Waals surface area contributed by atoms with Crippen LogP contribution in [0.1, 0.15) is 79.1 Å². The van der Waals surface area contributed by atoms with E-state index < -0.39 is 0 Å². The van der Waals surface area contributed by atoms with E-state index in [-0.39, 0.29) is 18.0 Å². The lowest BCUT2D eigenvalue weighted by atomic mass is 10.0. The molecule has 1 saturated carbocycles. The SMILES string of the molecule is COc1ccc(C(CNC(=O)c2cc(C3CC3)nc3c2cnn3C(C)C)N2CCCC2)cc1. The molecule has 0 bridgehead atoms. The second kappa shape index (κ2) is 9.14. The Balaban J connectivity index is 1.41. The first-order valence-corrected chi connectivity index (χ1v) is 12.1. The standard InChI is InChI=1S/C26H33N5O2/c1-17(2)31-25-22(15-28-31)21(14-23(29-25)18-6-7-18)26(32)27-16-24(30-12-4-5-13-30)19-8-10-20(33-3)11-9-19/h8-11,14-15,17-18,24H,4-7,12-13,16H2,1-3H3,(H,27,32). The maximum Gasteiger partial charge on any atom is 0.252 e. The van der Waals surface area contributed by atoms with Crippen molar-refractivity contribution in [2.75, 3.05) is 26.7 Å². The van der Waals surface area contributed by atoms with E-state index in [1.54, 1.807) is 13.3 Å². The molecular formula is C26H33N5O2. The van der Waals surface area contributed by atoms with Crippen molar-refractivity contribution in [2.24, 2.45) is 0 Å². The molecule has 2 aliphatic rings. The molecule has 5 rings (SSSR count). The fraction of sp³-hybridized carbons (Fsp3) is 0.500. The van der Waals surface area contributed by atoms with Gasteiger partial charge in [-0.15, -0.1) is 0 Å². The quantitative estimate of drug-likeness (QED) is 0.552. The van der Waals surface area contributed by atoms with Crippen LogP contribution in [0.4, 0.5) is 0 Å². The van der Waals surface area contributed by atoms with E-state index in [0.717, 1.165) is 48.4 Å². The Kier molecular flexibility index (Phi) is 6.06. The minimum atomic E-state index is -0.0506. The molecule has 7 nitrogen and oxygen atoms in total. The zero-order chi connectivity index (χ0) is 22.9. The molecule has 1 saturated heterocycles. The molecule has 1 unspecified atom stereocenters. The first kappa shape index (κ1) is 21.9. The molecular weight excluding hydrogens is 414 g/mol. The fourth-order valence-corrected chi connectivity index (χ4v) is 4.81. The highest BCUT2D eigenvalue weighted by Gasteiger charge is 2.29. The monoisotopic (exact) mass is 447 g/mol. The van der Waals surface area contributed by atoms with Crippen LogP contribution >= 0.6 is 0 Å². The summed E-state index contributed by atoms with van der Waals surface area (Å²) in [6.45, 7) is 6.85. The minimum absolute atomic E-state index is 0.0506. The first-order chi connectivity index (χ1) is 16.0. The third kappa shape index (κ3) is 4.47. The van der Waals surface area contributed by atoms with Crippen molar-refractivity contribution in [3.8, 4) is 5.75 Å². The number of rotatable bonds is 8. The van der Waals surface area contributed by atoms with Crippen LogP contribution in [0.3, 0.4) is 0 Å². The van der Waals surface area contributed by atoms with Gasteiger partial charge in [-0.05, 0) is 76.4 Å². The van der Waals surface area contributed by atoms with Crippen molar-refractivity contribution in [1.29, 1.82) is 0 Å². The van der Waals surface area contributed by atoms with Gasteiger partial charge in [-0.3, -0.25) is 9.69 Å². The lowest BCUT2D eigenvalue weighted by Crippen LogP contribution is -2.37. The molecule has 0 spiro atoms. The van der Waals surface area contributed by atoms with E-state index in [0.29, 0.717) is 18.0 Å². The smallest absolute Gasteiger partial charge is 0.252 e. The van der Waals surface area contributed by atoms with Gasteiger partial charge in [0.05, 0.1) is 30.3 Å². The molecule has 33 heavy (non-hydrogen) atoms. The summed E-state index contributed by atoms with van der Waals surface area (Å²) >= 11 is 0. The zero-order valence-electron chi connectivity index (χ0n) is 19.8. The molecule has 1 aliphatic heterocycles. The van der Waals surface area contributed by atoms with Gasteiger partial charge in [0.15, 0.2) is 5.65 Å². The summed E-state index contributed by atoms with van der Waals surface area (Å²) < 4.78 is 7.25. The number of carbonyl (C=O) groups is 1. The summed E-state index contributed by atoms with van der Waals surface area (Å²) in [5.41, 5.74) is 3.71. The Hall–Kier alpha value is -2.93. The molecule has 3 heterocycles. The van der Waals surface area contributed by atoms with Crippen LogP contribution in [-0.4, -0.2) is 52.3 Å². The van der Waals surface area contributed by atoms with Crippen molar-refractivity contribution >= 4 is 16.9 Å². The lowest BCUT2D eigenvalue weighted by Gasteiger charge is -2.28. The van der Waals surface area contributed by atoms with Crippen LogP contribution in [0.25, 0.3) is 11.0 Å². The topological polar surface area (TPSA) is 72.3 Å². The maximum absolute atomic E-state index is 13.5. The van der Waals surface area contributed by atoms with Crippen LogP contribution in [0.5, 0.6) is 5.75 Å². The Morgan fingerprint density at radius 1 is 1.18 bits per heavy atom. The number of likely N-dealkylation sites (tertiary alicyclic amines) is 1. The highest BCUT2D eigenvalue weighted by atomic mass is 16.5. The van der Waals surface area contributed by atoms with Gasteiger partial charge in [-0.2, -0.15) is 5.10 Å². The maximum atomic E-state index is 13.5. The molecule has 7 heteroatoms. The van der Waals surface area contributed by atoms with E-state index >= 15 is 0 Å². The van der Waals surface area contributed by atoms with Crippen LogP contribution < -0.4 is 10.1 Å². The number of nitrogens with one attached hydrogen (secondary N) is 1. The predicted molar refractivity (Wildman–Crippen MR) is 129 cm³/mol. The molecule has 1 aliphatic carbocycles. The van der Waals surface area contributed by atoms with Gasteiger partial charge in [0.2, 0.25) is 0 Å². The summed E-state index contributed by atoms with van der Waals surface area (Å²) in [6.07, 6.45) is 6.47. The van der Waals surface area contributed by atoms with Crippen molar-refractivity contribution in [2.45, 2.75) is 57.5 Å². The number of pyridine rings is 1. The second-order valence-electron chi connectivity index (χ2n) is 9.53. The fourth-order valence-electron chi connectivity index (χ4n) is 4.81. The zero-order valence-corrected chi connectivity index (χ0v) is 19.8. The van der Waals surface area contributed by atoms with E-state index in [1.165, 1.54) is 18.4 Å². The number of hydrogen-bond acceptors (Lipinski definition) is 5. The Labute approximate surface area is 195 Å². The molecule has 1 amide bonds. The number of ether oxygens (including phenoxy) is 1.